The van der Waals surface area contributed by atoms with Gasteiger partial charge in [-0.05, 0) is 67.4 Å². The highest BCUT2D eigenvalue weighted by Crippen LogP contribution is 2.33. The van der Waals surface area contributed by atoms with E-state index in [-0.39, 0.29) is 29.4 Å². The van der Waals surface area contributed by atoms with E-state index in [1.54, 1.807) is 54.0 Å². The molecule has 2 N–H and O–H groups in total. The van der Waals surface area contributed by atoms with Crippen LogP contribution in [0.4, 0.5) is 18.9 Å². The van der Waals surface area contributed by atoms with E-state index in [2.05, 4.69) is 20.6 Å². The molecule has 2 aromatic carbocycles. The molecular weight excluding hydrogens is 509 g/mol. The molecule has 0 aliphatic carbocycles. The summed E-state index contributed by atoms with van der Waals surface area (Å²) in [6.45, 7) is 3.70. The second kappa shape index (κ2) is 10.1. The van der Waals surface area contributed by atoms with E-state index in [0.29, 0.717) is 22.6 Å². The summed E-state index contributed by atoms with van der Waals surface area (Å²) in [5.41, 5.74) is 2.69. The number of aromatic nitrogens is 4. The Balaban J connectivity index is 1.35. The Bertz CT molecular complexity index is 1700. The third-order valence-electron chi connectivity index (χ3n) is 6.21. The predicted molar refractivity (Wildman–Crippen MR) is 139 cm³/mol. The van der Waals surface area contributed by atoms with Crippen LogP contribution in [0.1, 0.15) is 43.2 Å². The van der Waals surface area contributed by atoms with E-state index in [9.17, 15) is 22.8 Å². The topological polar surface area (TPSA) is 93.3 Å². The van der Waals surface area contributed by atoms with Crippen molar-refractivity contribution >= 4 is 23.1 Å². The average Bonchev–Trinajstić information content (AvgIpc) is 3.54. The van der Waals surface area contributed by atoms with E-state index in [1.807, 2.05) is 13.0 Å². The maximum Gasteiger partial charge on any atom is 0.416 e. The van der Waals surface area contributed by atoms with Crippen molar-refractivity contribution in [2.75, 3.05) is 5.32 Å². The Morgan fingerprint density at radius 1 is 0.974 bits per heavy atom. The molecule has 0 radical (unpaired) electrons. The molecule has 0 bridgehead atoms. The summed E-state index contributed by atoms with van der Waals surface area (Å²) in [7, 11) is 0. The minimum atomic E-state index is -4.61. The van der Waals surface area contributed by atoms with Crippen molar-refractivity contribution in [2.45, 2.75) is 26.6 Å². The van der Waals surface area contributed by atoms with Crippen LogP contribution < -0.4 is 10.6 Å². The van der Waals surface area contributed by atoms with E-state index < -0.39 is 17.6 Å². The van der Waals surface area contributed by atoms with Gasteiger partial charge in [-0.1, -0.05) is 12.1 Å². The Morgan fingerprint density at radius 2 is 1.79 bits per heavy atom. The van der Waals surface area contributed by atoms with Crippen molar-refractivity contribution in [3.8, 4) is 5.69 Å². The fourth-order valence-electron chi connectivity index (χ4n) is 4.13. The molecule has 5 rings (SSSR count). The lowest BCUT2D eigenvalue weighted by Gasteiger charge is -2.14. The number of carbonyl (C=O) groups excluding carboxylic acids is 2. The summed E-state index contributed by atoms with van der Waals surface area (Å²) < 4.78 is 43.9. The quantitative estimate of drug-likeness (QED) is 0.309. The number of rotatable bonds is 6. The molecule has 0 unspecified atom stereocenters. The number of anilines is 1. The molecule has 5 aromatic rings. The fraction of sp³-hybridized carbons (Fsp3) is 0.143. The molecular formula is C28H23F3N6O2. The number of aryl methyl sites for hydroxylation is 2. The molecule has 0 fully saturated rings. The van der Waals surface area contributed by atoms with E-state index in [1.165, 1.54) is 23.2 Å². The van der Waals surface area contributed by atoms with Crippen LogP contribution in [0.2, 0.25) is 0 Å². The molecule has 0 aliphatic rings. The van der Waals surface area contributed by atoms with Gasteiger partial charge in [0.25, 0.3) is 11.8 Å². The number of alkyl halides is 3. The molecule has 11 heteroatoms. The second-order valence-corrected chi connectivity index (χ2v) is 9.04. The number of hydrogen-bond acceptors (Lipinski definition) is 4. The highest BCUT2D eigenvalue weighted by molar-refractivity contribution is 6.04. The SMILES string of the molecule is Cc1cn(-c2cc(NC(=O)c3ccc(C)c(CNC(=O)c4cnc5ccccn45)c3)cc(C(F)(F)F)c2)cn1. The summed E-state index contributed by atoms with van der Waals surface area (Å²) in [4.78, 5) is 34.1. The standard InChI is InChI=1S/C28H23F3N6O2/c1-17-6-7-19(9-20(17)13-33-27(39)24-14-32-25-5-3-4-8-37(24)25)26(38)35-22-10-21(28(29,30)31)11-23(12-22)36-15-18(2)34-16-36/h3-12,14-16H,13H2,1-2H3,(H,33,39)(H,35,38). The van der Waals surface area contributed by atoms with Crippen LogP contribution in [0.3, 0.4) is 0 Å². The van der Waals surface area contributed by atoms with Gasteiger partial charge in [0.1, 0.15) is 11.3 Å². The molecule has 0 spiro atoms. The van der Waals surface area contributed by atoms with E-state index in [4.69, 9.17) is 0 Å². The number of hydrogen-bond donors (Lipinski definition) is 2. The molecule has 0 saturated carbocycles. The van der Waals surface area contributed by atoms with Gasteiger partial charge < -0.3 is 15.2 Å². The molecule has 0 saturated heterocycles. The largest absolute Gasteiger partial charge is 0.416 e. The predicted octanol–water partition coefficient (Wildman–Crippen LogP) is 5.34. The van der Waals surface area contributed by atoms with Gasteiger partial charge in [0.15, 0.2) is 0 Å². The van der Waals surface area contributed by atoms with E-state index in [0.717, 1.165) is 17.7 Å². The smallest absolute Gasteiger partial charge is 0.347 e. The maximum absolute atomic E-state index is 13.6. The Labute approximate surface area is 221 Å². The highest BCUT2D eigenvalue weighted by Gasteiger charge is 2.31. The van der Waals surface area contributed by atoms with Gasteiger partial charge in [0.05, 0.1) is 23.8 Å². The number of nitrogens with zero attached hydrogens (tertiary/aromatic N) is 4. The van der Waals surface area contributed by atoms with Crippen LogP contribution >= 0.6 is 0 Å². The summed E-state index contributed by atoms with van der Waals surface area (Å²) in [6.07, 6.45) is 1.61. The number of benzene rings is 2. The lowest BCUT2D eigenvalue weighted by Crippen LogP contribution is -2.24. The summed E-state index contributed by atoms with van der Waals surface area (Å²) >= 11 is 0. The van der Waals surface area contributed by atoms with Crippen LogP contribution in [0.15, 0.2) is 79.5 Å². The third kappa shape index (κ3) is 5.52. The Morgan fingerprint density at radius 3 is 2.54 bits per heavy atom. The van der Waals surface area contributed by atoms with Gasteiger partial charge in [-0.3, -0.25) is 14.0 Å². The minimum Gasteiger partial charge on any atom is -0.347 e. The zero-order chi connectivity index (χ0) is 27.7. The van der Waals surface area contributed by atoms with Crippen LogP contribution in [0.25, 0.3) is 11.3 Å². The first-order valence-electron chi connectivity index (χ1n) is 11.9. The van der Waals surface area contributed by atoms with Gasteiger partial charge >= 0.3 is 6.18 Å². The third-order valence-corrected chi connectivity index (χ3v) is 6.21. The van der Waals surface area contributed by atoms with Gasteiger partial charge in [0.2, 0.25) is 0 Å². The molecule has 3 heterocycles. The first-order chi connectivity index (χ1) is 18.6. The van der Waals surface area contributed by atoms with E-state index >= 15 is 0 Å². The number of halogens is 3. The van der Waals surface area contributed by atoms with Crippen LogP contribution in [0.5, 0.6) is 0 Å². The van der Waals surface area contributed by atoms with Gasteiger partial charge in [-0.15, -0.1) is 0 Å². The fourth-order valence-corrected chi connectivity index (χ4v) is 4.13. The second-order valence-electron chi connectivity index (χ2n) is 9.04. The van der Waals surface area contributed by atoms with Crippen LogP contribution in [-0.2, 0) is 12.7 Å². The highest BCUT2D eigenvalue weighted by atomic mass is 19.4. The molecule has 0 atom stereocenters. The first-order valence-corrected chi connectivity index (χ1v) is 11.9. The van der Waals surface area contributed by atoms with Crippen molar-refractivity contribution < 1.29 is 22.8 Å². The van der Waals surface area contributed by atoms with Crippen molar-refractivity contribution in [2.24, 2.45) is 0 Å². The minimum absolute atomic E-state index is 0.0146. The number of imidazole rings is 2. The van der Waals surface area contributed by atoms with Crippen LogP contribution in [0, 0.1) is 13.8 Å². The molecule has 198 valence electrons. The lowest BCUT2D eigenvalue weighted by atomic mass is 10.0. The monoisotopic (exact) mass is 532 g/mol. The summed E-state index contributed by atoms with van der Waals surface area (Å²) in [6, 6.07) is 13.6. The first kappa shape index (κ1) is 25.7. The zero-order valence-corrected chi connectivity index (χ0v) is 21.0. The molecule has 0 aliphatic heterocycles. The normalized spacial score (nSPS) is 11.5. The molecule has 2 amide bonds. The maximum atomic E-state index is 13.6. The Hall–Kier alpha value is -4.93. The summed E-state index contributed by atoms with van der Waals surface area (Å²) in [5.74, 6) is -0.925. The van der Waals surface area contributed by atoms with Crippen molar-refractivity contribution in [3.63, 3.8) is 0 Å². The molecule has 8 nitrogen and oxygen atoms in total. The van der Waals surface area contributed by atoms with Gasteiger partial charge in [-0.2, -0.15) is 13.2 Å². The van der Waals surface area contributed by atoms with Gasteiger partial charge in [0, 0.05) is 35.9 Å². The number of amides is 2. The number of fused-ring (bicyclic) bond motifs is 1. The van der Waals surface area contributed by atoms with Crippen molar-refractivity contribution in [1.82, 2.24) is 24.3 Å². The average molecular weight is 533 g/mol. The Kier molecular flexibility index (Phi) is 6.65. The van der Waals surface area contributed by atoms with Gasteiger partial charge in [-0.25, -0.2) is 9.97 Å². The number of carbonyl (C=O) groups is 2. The van der Waals surface area contributed by atoms with Crippen molar-refractivity contribution in [1.29, 1.82) is 0 Å². The molecule has 3 aromatic heterocycles. The van der Waals surface area contributed by atoms with Crippen LogP contribution in [-0.4, -0.2) is 30.8 Å². The molecule has 39 heavy (non-hydrogen) atoms. The number of pyridine rings is 1. The van der Waals surface area contributed by atoms with Crippen molar-refractivity contribution in [3.05, 3.63) is 113 Å². The lowest BCUT2D eigenvalue weighted by molar-refractivity contribution is -0.137. The summed E-state index contributed by atoms with van der Waals surface area (Å²) in [5, 5.41) is 5.41. The number of nitrogens with one attached hydrogen (secondary N) is 2. The zero-order valence-electron chi connectivity index (χ0n) is 21.0.